The van der Waals surface area contributed by atoms with Crippen LogP contribution in [0.15, 0.2) is 53.4 Å². The number of halogens is 5. The van der Waals surface area contributed by atoms with Crippen LogP contribution in [0, 0.1) is 0 Å². The lowest BCUT2D eigenvalue weighted by atomic mass is 10.1. The number of hydrogen-bond donors (Lipinski definition) is 2. The number of hydrogen-bond acceptors (Lipinski definition) is 4. The molecule has 0 fully saturated rings. The molecule has 6 nitrogen and oxygen atoms in total. The molecule has 12 heteroatoms. The Hall–Kier alpha value is -2.73. The van der Waals surface area contributed by atoms with Crippen LogP contribution < -0.4 is 14.8 Å². The van der Waals surface area contributed by atoms with Crippen molar-refractivity contribution >= 4 is 15.9 Å². The monoisotopic (exact) mass is 466 g/mol. The normalized spacial score (nSPS) is 13.1. The van der Waals surface area contributed by atoms with E-state index in [0.717, 1.165) is 18.2 Å². The minimum atomic E-state index is -4.88. The lowest BCUT2D eigenvalue weighted by Gasteiger charge is -2.17. The summed E-state index contributed by atoms with van der Waals surface area (Å²) >= 11 is 0. The van der Waals surface area contributed by atoms with Gasteiger partial charge in [-0.15, -0.1) is 0 Å². The summed E-state index contributed by atoms with van der Waals surface area (Å²) in [5.41, 5.74) is -0.649. The summed E-state index contributed by atoms with van der Waals surface area (Å²) in [6, 6.07) is 8.00. The highest BCUT2D eigenvalue weighted by atomic mass is 32.2. The van der Waals surface area contributed by atoms with E-state index in [-0.39, 0.29) is 12.3 Å². The van der Waals surface area contributed by atoms with Crippen LogP contribution in [0.1, 0.15) is 18.1 Å². The van der Waals surface area contributed by atoms with Crippen LogP contribution in [0.4, 0.5) is 22.0 Å². The van der Waals surface area contributed by atoms with Gasteiger partial charge in [0.2, 0.25) is 15.9 Å². The largest absolute Gasteiger partial charge is 0.435 e. The summed E-state index contributed by atoms with van der Waals surface area (Å²) in [7, 11) is -4.62. The first-order chi connectivity index (χ1) is 14.4. The summed E-state index contributed by atoms with van der Waals surface area (Å²) in [4.78, 5) is 11.2. The Bertz CT molecular complexity index is 995. The van der Waals surface area contributed by atoms with E-state index in [2.05, 4.69) is 10.1 Å². The third-order valence-corrected chi connectivity index (χ3v) is 5.67. The molecule has 0 aliphatic carbocycles. The van der Waals surface area contributed by atoms with Crippen molar-refractivity contribution in [3.05, 3.63) is 59.7 Å². The molecule has 2 N–H and O–H groups in total. The molecule has 0 heterocycles. The van der Waals surface area contributed by atoms with Crippen molar-refractivity contribution in [3.63, 3.8) is 0 Å². The molecule has 170 valence electrons. The molecule has 0 aromatic heterocycles. The SMILES string of the molecule is C[C@H](NS(=O)(=O)c1ccccc1C(F)(F)F)C(=O)NCCc1ccc(OC(F)F)cc1. The number of carbonyl (C=O) groups excluding carboxylic acids is 1. The Morgan fingerprint density at radius 2 is 1.68 bits per heavy atom. The number of rotatable bonds is 9. The molecular weight excluding hydrogens is 447 g/mol. The second-order valence-electron chi connectivity index (χ2n) is 6.40. The maximum absolute atomic E-state index is 13.1. The highest BCUT2D eigenvalue weighted by Crippen LogP contribution is 2.33. The van der Waals surface area contributed by atoms with Crippen molar-refractivity contribution < 1.29 is 39.9 Å². The Labute approximate surface area is 175 Å². The highest BCUT2D eigenvalue weighted by Gasteiger charge is 2.37. The zero-order valence-electron chi connectivity index (χ0n) is 16.1. The first-order valence-corrected chi connectivity index (χ1v) is 10.4. The van der Waals surface area contributed by atoms with Crippen LogP contribution in [0.25, 0.3) is 0 Å². The number of amides is 1. The van der Waals surface area contributed by atoms with E-state index >= 15 is 0 Å². The molecule has 1 atom stereocenters. The van der Waals surface area contributed by atoms with Crippen molar-refractivity contribution in [2.45, 2.75) is 37.1 Å². The fourth-order valence-corrected chi connectivity index (χ4v) is 4.04. The first-order valence-electron chi connectivity index (χ1n) is 8.90. The number of benzene rings is 2. The van der Waals surface area contributed by atoms with E-state index < -0.39 is 45.2 Å². The fraction of sp³-hybridized carbons (Fsp3) is 0.316. The zero-order chi connectivity index (χ0) is 23.2. The second kappa shape index (κ2) is 10.1. The molecule has 2 rings (SSSR count). The maximum atomic E-state index is 13.1. The molecule has 0 unspecified atom stereocenters. The van der Waals surface area contributed by atoms with Gasteiger partial charge in [0.25, 0.3) is 0 Å². The third kappa shape index (κ3) is 7.17. The molecule has 0 radical (unpaired) electrons. The topological polar surface area (TPSA) is 84.5 Å². The van der Waals surface area contributed by atoms with E-state index in [1.807, 2.05) is 4.72 Å². The molecule has 2 aromatic carbocycles. The molecule has 2 aromatic rings. The van der Waals surface area contributed by atoms with Crippen molar-refractivity contribution in [1.29, 1.82) is 0 Å². The molecular formula is C19H19F5N2O4S. The molecule has 1 amide bonds. The Morgan fingerprint density at radius 3 is 2.26 bits per heavy atom. The predicted octanol–water partition coefficient (Wildman–Crippen LogP) is 3.33. The van der Waals surface area contributed by atoms with E-state index in [9.17, 15) is 35.2 Å². The first kappa shape index (κ1) is 24.5. The minimum Gasteiger partial charge on any atom is -0.435 e. The zero-order valence-corrected chi connectivity index (χ0v) is 16.9. The number of carbonyl (C=O) groups is 1. The van der Waals surface area contributed by atoms with Crippen LogP contribution in [0.2, 0.25) is 0 Å². The van der Waals surface area contributed by atoms with Crippen molar-refractivity contribution in [3.8, 4) is 5.75 Å². The fourth-order valence-electron chi connectivity index (χ4n) is 2.61. The van der Waals surface area contributed by atoms with Gasteiger partial charge in [0, 0.05) is 6.54 Å². The van der Waals surface area contributed by atoms with Crippen LogP contribution in [-0.4, -0.2) is 33.5 Å². The molecule has 31 heavy (non-hydrogen) atoms. The van der Waals surface area contributed by atoms with Gasteiger partial charge in [-0.1, -0.05) is 24.3 Å². The van der Waals surface area contributed by atoms with Gasteiger partial charge in [0.15, 0.2) is 0 Å². The lowest BCUT2D eigenvalue weighted by Crippen LogP contribution is -2.45. The number of ether oxygens (including phenoxy) is 1. The molecule has 0 aliphatic heterocycles. The van der Waals surface area contributed by atoms with Gasteiger partial charge in [-0.3, -0.25) is 4.79 Å². The second-order valence-corrected chi connectivity index (χ2v) is 8.08. The average molecular weight is 466 g/mol. The molecule has 0 saturated carbocycles. The standard InChI is InChI=1S/C19H19F5N2O4S/c1-12(26-31(28,29)16-5-3-2-4-15(16)19(22,23)24)17(27)25-11-10-13-6-8-14(9-7-13)30-18(20)21/h2-9,12,18,26H,10-11H2,1H3,(H,25,27)/t12-/m0/s1. The predicted molar refractivity (Wildman–Crippen MR) is 101 cm³/mol. The van der Waals surface area contributed by atoms with Crippen LogP contribution in [0.5, 0.6) is 5.75 Å². The van der Waals surface area contributed by atoms with Gasteiger partial charge in [-0.25, -0.2) is 8.42 Å². The molecule has 0 saturated heterocycles. The van der Waals surface area contributed by atoms with Gasteiger partial charge in [-0.05, 0) is 43.2 Å². The smallest absolute Gasteiger partial charge is 0.417 e. The summed E-state index contributed by atoms with van der Waals surface area (Å²) in [5.74, 6) is -0.768. The van der Waals surface area contributed by atoms with Crippen LogP contribution in [-0.2, 0) is 27.4 Å². The number of alkyl halides is 5. The summed E-state index contributed by atoms with van der Waals surface area (Å²) in [5, 5.41) is 2.46. The van der Waals surface area contributed by atoms with Crippen molar-refractivity contribution in [2.24, 2.45) is 0 Å². The van der Waals surface area contributed by atoms with Gasteiger partial charge >= 0.3 is 12.8 Å². The van der Waals surface area contributed by atoms with E-state index in [1.54, 1.807) is 0 Å². The summed E-state index contributed by atoms with van der Waals surface area (Å²) < 4.78 is 94.3. The Kier molecular flexibility index (Phi) is 7.96. The van der Waals surface area contributed by atoms with Gasteiger partial charge < -0.3 is 10.1 Å². The van der Waals surface area contributed by atoms with Crippen LogP contribution >= 0.6 is 0 Å². The van der Waals surface area contributed by atoms with E-state index in [0.29, 0.717) is 18.1 Å². The number of nitrogens with one attached hydrogen (secondary N) is 2. The molecule has 0 bridgehead atoms. The maximum Gasteiger partial charge on any atom is 0.417 e. The third-order valence-electron chi connectivity index (χ3n) is 4.07. The Morgan fingerprint density at radius 1 is 1.06 bits per heavy atom. The summed E-state index contributed by atoms with van der Waals surface area (Å²) in [6.07, 6.45) is -4.58. The minimum absolute atomic E-state index is 0.0232. The lowest BCUT2D eigenvalue weighted by molar-refractivity contribution is -0.139. The van der Waals surface area contributed by atoms with Crippen molar-refractivity contribution in [1.82, 2.24) is 10.0 Å². The average Bonchev–Trinajstić information content (AvgIpc) is 2.68. The highest BCUT2D eigenvalue weighted by molar-refractivity contribution is 7.89. The molecule has 0 spiro atoms. The summed E-state index contributed by atoms with van der Waals surface area (Å²) in [6.45, 7) is -1.67. The van der Waals surface area contributed by atoms with Crippen LogP contribution in [0.3, 0.4) is 0 Å². The van der Waals surface area contributed by atoms with Crippen molar-refractivity contribution in [2.75, 3.05) is 6.54 Å². The van der Waals surface area contributed by atoms with Gasteiger partial charge in [0.05, 0.1) is 16.5 Å². The quantitative estimate of drug-likeness (QED) is 0.556. The Balaban J connectivity index is 1.94. The van der Waals surface area contributed by atoms with Gasteiger partial charge in [0.1, 0.15) is 5.75 Å². The molecule has 0 aliphatic rings. The van der Waals surface area contributed by atoms with E-state index in [4.69, 9.17) is 0 Å². The van der Waals surface area contributed by atoms with Gasteiger partial charge in [-0.2, -0.15) is 26.7 Å². The van der Waals surface area contributed by atoms with E-state index in [1.165, 1.54) is 31.2 Å². The number of sulfonamides is 1.